The number of carbonyl (C=O) groups is 1. The number of rotatable bonds is 4. The highest BCUT2D eigenvalue weighted by Gasteiger charge is 2.48. The van der Waals surface area contributed by atoms with Crippen molar-refractivity contribution in [1.29, 1.82) is 0 Å². The molecule has 27 heavy (non-hydrogen) atoms. The molecule has 0 aliphatic carbocycles. The number of esters is 1. The van der Waals surface area contributed by atoms with Crippen LogP contribution in [0.1, 0.15) is 16.7 Å². The van der Waals surface area contributed by atoms with Gasteiger partial charge in [0, 0.05) is 10.5 Å². The largest absolute Gasteiger partial charge is 0.421 e. The molecule has 1 atom stereocenters. The van der Waals surface area contributed by atoms with Crippen molar-refractivity contribution in [3.05, 3.63) is 102 Å². The van der Waals surface area contributed by atoms with Crippen LogP contribution in [0.2, 0.25) is 0 Å². The Morgan fingerprint density at radius 3 is 2.00 bits per heavy atom. The number of ether oxygens (including phenoxy) is 1. The molecule has 0 saturated heterocycles. The molecule has 0 fully saturated rings. The minimum Gasteiger partial charge on any atom is -0.421 e. The second-order valence-corrected chi connectivity index (χ2v) is 7.12. The van der Waals surface area contributed by atoms with Gasteiger partial charge in [0.1, 0.15) is 0 Å². The summed E-state index contributed by atoms with van der Waals surface area (Å²) in [6.45, 7) is 0. The molecule has 1 heterocycles. The van der Waals surface area contributed by atoms with Crippen molar-refractivity contribution in [2.45, 2.75) is 10.7 Å². The Morgan fingerprint density at radius 1 is 0.815 bits per heavy atom. The fourth-order valence-corrected chi connectivity index (χ4v) is 3.75. The number of benzene rings is 3. The highest BCUT2D eigenvalue weighted by molar-refractivity contribution is 7.98. The quantitative estimate of drug-likeness (QED) is 0.530. The molecule has 0 saturated carbocycles. The number of hydrogen-bond donors (Lipinski definition) is 1. The van der Waals surface area contributed by atoms with Crippen molar-refractivity contribution in [2.75, 3.05) is 6.26 Å². The Labute approximate surface area is 162 Å². The predicted molar refractivity (Wildman–Crippen MR) is 108 cm³/mol. The van der Waals surface area contributed by atoms with E-state index in [2.05, 4.69) is 0 Å². The van der Waals surface area contributed by atoms with Gasteiger partial charge in [-0.25, -0.2) is 4.79 Å². The fourth-order valence-electron chi connectivity index (χ4n) is 3.34. The van der Waals surface area contributed by atoms with Crippen LogP contribution in [-0.4, -0.2) is 17.3 Å². The number of thioether (sulfide) groups is 1. The molecule has 0 spiro atoms. The van der Waals surface area contributed by atoms with Crippen molar-refractivity contribution < 1.29 is 14.6 Å². The summed E-state index contributed by atoms with van der Waals surface area (Å²) in [7, 11) is 0. The van der Waals surface area contributed by atoms with Gasteiger partial charge >= 0.3 is 5.97 Å². The van der Waals surface area contributed by atoms with E-state index in [4.69, 9.17) is 4.74 Å². The average Bonchev–Trinajstić information content (AvgIpc) is 3.00. The van der Waals surface area contributed by atoms with Gasteiger partial charge in [-0.05, 0) is 29.5 Å². The lowest BCUT2D eigenvalue weighted by Gasteiger charge is -2.25. The van der Waals surface area contributed by atoms with Gasteiger partial charge in [-0.2, -0.15) is 0 Å². The molecule has 0 radical (unpaired) electrons. The molecular formula is C23H18O3S. The number of carbonyl (C=O) groups excluding carboxylic acids is 1. The summed E-state index contributed by atoms with van der Waals surface area (Å²) in [4.78, 5) is 13.9. The van der Waals surface area contributed by atoms with Crippen LogP contribution < -0.4 is 0 Å². The van der Waals surface area contributed by atoms with E-state index in [1.54, 1.807) is 23.9 Å². The number of hydrogen-bond acceptors (Lipinski definition) is 4. The van der Waals surface area contributed by atoms with Crippen molar-refractivity contribution in [2.24, 2.45) is 0 Å². The second-order valence-electron chi connectivity index (χ2n) is 6.24. The number of aliphatic hydroxyl groups is 1. The predicted octanol–water partition coefficient (Wildman–Crippen LogP) is 4.72. The van der Waals surface area contributed by atoms with Gasteiger partial charge in [0.25, 0.3) is 5.79 Å². The lowest BCUT2D eigenvalue weighted by Crippen LogP contribution is -2.28. The van der Waals surface area contributed by atoms with Gasteiger partial charge in [-0.1, -0.05) is 72.8 Å². The molecular weight excluding hydrogens is 356 g/mol. The summed E-state index contributed by atoms with van der Waals surface area (Å²) >= 11 is 1.64. The van der Waals surface area contributed by atoms with Crippen LogP contribution in [0.4, 0.5) is 0 Å². The first-order valence-electron chi connectivity index (χ1n) is 8.59. The Morgan fingerprint density at radius 2 is 1.41 bits per heavy atom. The van der Waals surface area contributed by atoms with E-state index in [0.29, 0.717) is 16.7 Å². The first kappa shape index (κ1) is 17.6. The summed E-state index contributed by atoms with van der Waals surface area (Å²) in [5.74, 6) is -2.36. The summed E-state index contributed by atoms with van der Waals surface area (Å²) in [5, 5.41) is 11.5. The maximum atomic E-state index is 12.8. The standard InChI is InChI=1S/C23H18O3S/c1-27-19-14-12-17(13-15-19)21-20(16-8-4-2-5-9-16)22(24)26-23(21,25)18-10-6-3-7-11-18/h2-15,25H,1H3. The monoisotopic (exact) mass is 374 g/mol. The molecule has 1 aliphatic heterocycles. The zero-order valence-electron chi connectivity index (χ0n) is 14.8. The topological polar surface area (TPSA) is 46.5 Å². The minimum absolute atomic E-state index is 0.388. The Bertz CT molecular complexity index is 995. The lowest BCUT2D eigenvalue weighted by atomic mass is 9.87. The van der Waals surface area contributed by atoms with E-state index in [9.17, 15) is 9.90 Å². The van der Waals surface area contributed by atoms with E-state index >= 15 is 0 Å². The van der Waals surface area contributed by atoms with Gasteiger partial charge in [-0.15, -0.1) is 11.8 Å². The van der Waals surface area contributed by atoms with Gasteiger partial charge in [-0.3, -0.25) is 0 Å². The SMILES string of the molecule is CSc1ccc(C2=C(c3ccccc3)C(=O)OC2(O)c2ccccc2)cc1. The van der Waals surface area contributed by atoms with E-state index in [-0.39, 0.29) is 0 Å². The first-order chi connectivity index (χ1) is 13.1. The third-order valence-corrected chi connectivity index (χ3v) is 5.38. The van der Waals surface area contributed by atoms with E-state index in [0.717, 1.165) is 16.0 Å². The van der Waals surface area contributed by atoms with E-state index < -0.39 is 11.8 Å². The molecule has 1 N–H and O–H groups in total. The molecule has 134 valence electrons. The molecule has 1 unspecified atom stereocenters. The molecule has 4 heteroatoms. The highest BCUT2D eigenvalue weighted by atomic mass is 32.2. The van der Waals surface area contributed by atoms with Crippen molar-refractivity contribution in [3.8, 4) is 0 Å². The lowest BCUT2D eigenvalue weighted by molar-refractivity contribution is -0.178. The van der Waals surface area contributed by atoms with E-state index in [1.165, 1.54) is 0 Å². The van der Waals surface area contributed by atoms with Crippen LogP contribution >= 0.6 is 11.8 Å². The zero-order chi connectivity index (χ0) is 18.9. The van der Waals surface area contributed by atoms with Crippen LogP contribution in [0.3, 0.4) is 0 Å². The molecule has 3 nitrogen and oxygen atoms in total. The van der Waals surface area contributed by atoms with Crippen LogP contribution in [0, 0.1) is 0 Å². The summed E-state index contributed by atoms with van der Waals surface area (Å²) < 4.78 is 5.56. The van der Waals surface area contributed by atoms with Gasteiger partial charge in [0.2, 0.25) is 0 Å². The molecule has 1 aliphatic rings. The van der Waals surface area contributed by atoms with Crippen LogP contribution in [0.25, 0.3) is 11.1 Å². The maximum Gasteiger partial charge on any atom is 0.342 e. The van der Waals surface area contributed by atoms with Gasteiger partial charge in [0.05, 0.1) is 11.1 Å². The summed E-state index contributed by atoms with van der Waals surface area (Å²) in [6.07, 6.45) is 2.01. The smallest absolute Gasteiger partial charge is 0.342 e. The van der Waals surface area contributed by atoms with Crippen LogP contribution in [0.5, 0.6) is 0 Å². The van der Waals surface area contributed by atoms with E-state index in [1.807, 2.05) is 79.1 Å². The molecule has 3 aromatic rings. The Balaban J connectivity index is 1.98. The van der Waals surface area contributed by atoms with Gasteiger partial charge < -0.3 is 9.84 Å². The highest BCUT2D eigenvalue weighted by Crippen LogP contribution is 2.48. The maximum absolute atomic E-state index is 12.8. The first-order valence-corrected chi connectivity index (χ1v) is 9.82. The third kappa shape index (κ3) is 3.07. The van der Waals surface area contributed by atoms with Crippen molar-refractivity contribution in [3.63, 3.8) is 0 Å². The normalized spacial score (nSPS) is 19.3. The number of cyclic esters (lactones) is 1. The molecule has 3 aromatic carbocycles. The zero-order valence-corrected chi connectivity index (χ0v) is 15.6. The van der Waals surface area contributed by atoms with Crippen molar-refractivity contribution in [1.82, 2.24) is 0 Å². The molecule has 0 amide bonds. The van der Waals surface area contributed by atoms with Crippen LogP contribution in [-0.2, 0) is 15.3 Å². The molecule has 0 bridgehead atoms. The van der Waals surface area contributed by atoms with Gasteiger partial charge in [0.15, 0.2) is 0 Å². The van der Waals surface area contributed by atoms with Crippen LogP contribution in [0.15, 0.2) is 89.8 Å². The summed E-state index contributed by atoms with van der Waals surface area (Å²) in [6, 6.07) is 26.1. The third-order valence-electron chi connectivity index (χ3n) is 4.64. The molecule has 4 rings (SSSR count). The minimum atomic E-state index is -1.83. The molecule has 0 aromatic heterocycles. The summed E-state index contributed by atoms with van der Waals surface area (Å²) in [5.41, 5.74) is 2.85. The Kier molecular flexibility index (Phi) is 4.60. The average molecular weight is 374 g/mol. The second kappa shape index (κ2) is 7.06. The fraction of sp³-hybridized carbons (Fsp3) is 0.0870. The Hall–Kier alpha value is -2.82. The van der Waals surface area contributed by atoms with Crippen molar-refractivity contribution >= 4 is 28.9 Å².